The molecule has 0 aliphatic heterocycles. The summed E-state index contributed by atoms with van der Waals surface area (Å²) in [6, 6.07) is 17.0. The molecule has 0 aromatic heterocycles. The van der Waals surface area contributed by atoms with Crippen molar-refractivity contribution in [3.8, 4) is 17.2 Å². The Morgan fingerprint density at radius 2 is 1.61 bits per heavy atom. The van der Waals surface area contributed by atoms with Crippen LogP contribution in [0.25, 0.3) is 0 Å². The number of carbonyl (C=O) groups is 1. The summed E-state index contributed by atoms with van der Waals surface area (Å²) in [7, 11) is 0. The van der Waals surface area contributed by atoms with E-state index in [4.69, 9.17) is 9.47 Å². The van der Waals surface area contributed by atoms with Crippen LogP contribution in [0.15, 0.2) is 54.6 Å². The molecule has 2 rings (SSSR count). The molecule has 0 spiro atoms. The van der Waals surface area contributed by atoms with Crippen LogP contribution in [0.1, 0.15) is 26.7 Å². The molecule has 0 saturated carbocycles. The highest BCUT2D eigenvalue weighted by Crippen LogP contribution is 2.23. The highest BCUT2D eigenvalue weighted by atomic mass is 16.5. The molecular weight excluding hydrogens is 290 g/mol. The standard InChI is InChI=1S/C19H23NO3/c1-3-7-15(2)20-19(21)14-22-16-10-12-18(13-11-16)23-17-8-5-4-6-9-17/h4-6,8-13,15H,3,7,14H2,1-2H3,(H,20,21)/t15-/m0/s1. The first-order chi connectivity index (χ1) is 11.2. The second-order valence-electron chi connectivity index (χ2n) is 5.43. The summed E-state index contributed by atoms with van der Waals surface area (Å²) in [6.45, 7) is 4.11. The van der Waals surface area contributed by atoms with Gasteiger partial charge in [0.1, 0.15) is 17.2 Å². The highest BCUT2D eigenvalue weighted by molar-refractivity contribution is 5.77. The van der Waals surface area contributed by atoms with Crippen LogP contribution in [0.5, 0.6) is 17.2 Å². The van der Waals surface area contributed by atoms with E-state index < -0.39 is 0 Å². The Balaban J connectivity index is 1.80. The summed E-state index contributed by atoms with van der Waals surface area (Å²) in [5.74, 6) is 2.05. The summed E-state index contributed by atoms with van der Waals surface area (Å²) in [6.07, 6.45) is 2.02. The van der Waals surface area contributed by atoms with Gasteiger partial charge in [-0.2, -0.15) is 0 Å². The molecule has 23 heavy (non-hydrogen) atoms. The van der Waals surface area contributed by atoms with E-state index in [1.807, 2.05) is 49.4 Å². The molecular formula is C19H23NO3. The Kier molecular flexibility index (Phi) is 6.48. The fourth-order valence-electron chi connectivity index (χ4n) is 2.20. The number of benzene rings is 2. The van der Waals surface area contributed by atoms with Crippen molar-refractivity contribution in [2.45, 2.75) is 32.7 Å². The highest BCUT2D eigenvalue weighted by Gasteiger charge is 2.07. The largest absolute Gasteiger partial charge is 0.484 e. The number of para-hydroxylation sites is 1. The number of hydrogen-bond acceptors (Lipinski definition) is 3. The van der Waals surface area contributed by atoms with Crippen LogP contribution in [0.2, 0.25) is 0 Å². The first kappa shape index (κ1) is 16.9. The maximum atomic E-state index is 11.7. The molecule has 4 nitrogen and oxygen atoms in total. The minimum absolute atomic E-state index is 0.0208. The van der Waals surface area contributed by atoms with Crippen molar-refractivity contribution in [1.29, 1.82) is 0 Å². The van der Waals surface area contributed by atoms with E-state index in [0.717, 1.165) is 24.3 Å². The smallest absolute Gasteiger partial charge is 0.258 e. The molecule has 1 atom stereocenters. The Bertz CT molecular complexity index is 596. The average Bonchev–Trinajstić information content (AvgIpc) is 2.55. The molecule has 0 bridgehead atoms. The molecule has 0 unspecified atom stereocenters. The van der Waals surface area contributed by atoms with Gasteiger partial charge in [0.2, 0.25) is 0 Å². The van der Waals surface area contributed by atoms with Crippen LogP contribution in [0.4, 0.5) is 0 Å². The first-order valence-corrected chi connectivity index (χ1v) is 7.92. The summed E-state index contributed by atoms with van der Waals surface area (Å²) in [5, 5.41) is 2.91. The third-order valence-electron chi connectivity index (χ3n) is 3.30. The normalized spacial score (nSPS) is 11.6. The second kappa shape index (κ2) is 8.83. The number of carbonyl (C=O) groups excluding carboxylic acids is 1. The number of nitrogens with one attached hydrogen (secondary N) is 1. The van der Waals surface area contributed by atoms with Crippen molar-refractivity contribution in [3.63, 3.8) is 0 Å². The minimum Gasteiger partial charge on any atom is -0.484 e. The quantitative estimate of drug-likeness (QED) is 0.796. The molecule has 0 heterocycles. The molecule has 0 aliphatic carbocycles. The summed E-state index contributed by atoms with van der Waals surface area (Å²) < 4.78 is 11.2. The van der Waals surface area contributed by atoms with Crippen LogP contribution in [0, 0.1) is 0 Å². The molecule has 122 valence electrons. The lowest BCUT2D eigenvalue weighted by molar-refractivity contribution is -0.123. The predicted octanol–water partition coefficient (Wildman–Crippen LogP) is 4.16. The average molecular weight is 313 g/mol. The SMILES string of the molecule is CCC[C@H](C)NC(=O)COc1ccc(Oc2ccccc2)cc1. The van der Waals surface area contributed by atoms with Gasteiger partial charge in [0, 0.05) is 6.04 Å². The van der Waals surface area contributed by atoms with E-state index in [1.54, 1.807) is 12.1 Å². The molecule has 0 aliphatic rings. The van der Waals surface area contributed by atoms with Gasteiger partial charge in [-0.3, -0.25) is 4.79 Å². The number of amides is 1. The van der Waals surface area contributed by atoms with Gasteiger partial charge in [-0.15, -0.1) is 0 Å². The minimum atomic E-state index is -0.101. The maximum Gasteiger partial charge on any atom is 0.258 e. The van der Waals surface area contributed by atoms with Crippen LogP contribution in [-0.2, 0) is 4.79 Å². The fourth-order valence-corrected chi connectivity index (χ4v) is 2.20. The maximum absolute atomic E-state index is 11.7. The Hall–Kier alpha value is -2.49. The first-order valence-electron chi connectivity index (χ1n) is 7.92. The molecule has 0 saturated heterocycles. The van der Waals surface area contributed by atoms with Gasteiger partial charge in [0.25, 0.3) is 5.91 Å². The van der Waals surface area contributed by atoms with Crippen LogP contribution in [0.3, 0.4) is 0 Å². The van der Waals surface area contributed by atoms with Crippen molar-refractivity contribution in [2.24, 2.45) is 0 Å². The Morgan fingerprint density at radius 1 is 1.00 bits per heavy atom. The lowest BCUT2D eigenvalue weighted by atomic mass is 10.2. The van der Waals surface area contributed by atoms with Gasteiger partial charge >= 0.3 is 0 Å². The zero-order valence-corrected chi connectivity index (χ0v) is 13.6. The van der Waals surface area contributed by atoms with Crippen molar-refractivity contribution < 1.29 is 14.3 Å². The van der Waals surface area contributed by atoms with E-state index in [-0.39, 0.29) is 18.6 Å². The van der Waals surface area contributed by atoms with Crippen molar-refractivity contribution >= 4 is 5.91 Å². The molecule has 1 N–H and O–H groups in total. The van der Waals surface area contributed by atoms with Gasteiger partial charge in [0.15, 0.2) is 6.61 Å². The third-order valence-corrected chi connectivity index (χ3v) is 3.30. The van der Waals surface area contributed by atoms with Crippen LogP contribution >= 0.6 is 0 Å². The molecule has 0 fully saturated rings. The second-order valence-corrected chi connectivity index (χ2v) is 5.43. The summed E-state index contributed by atoms with van der Waals surface area (Å²) >= 11 is 0. The number of ether oxygens (including phenoxy) is 2. The van der Waals surface area contributed by atoms with E-state index in [9.17, 15) is 4.79 Å². The van der Waals surface area contributed by atoms with E-state index in [1.165, 1.54) is 0 Å². The Morgan fingerprint density at radius 3 is 2.26 bits per heavy atom. The van der Waals surface area contributed by atoms with Gasteiger partial charge in [-0.1, -0.05) is 31.5 Å². The van der Waals surface area contributed by atoms with E-state index >= 15 is 0 Å². The topological polar surface area (TPSA) is 47.6 Å². The number of rotatable bonds is 8. The summed E-state index contributed by atoms with van der Waals surface area (Å²) in [5.41, 5.74) is 0. The predicted molar refractivity (Wildman–Crippen MR) is 91.0 cm³/mol. The van der Waals surface area contributed by atoms with Crippen molar-refractivity contribution in [1.82, 2.24) is 5.32 Å². The fraction of sp³-hybridized carbons (Fsp3) is 0.316. The molecule has 1 amide bonds. The lowest BCUT2D eigenvalue weighted by Crippen LogP contribution is -2.35. The molecule has 2 aromatic rings. The van der Waals surface area contributed by atoms with Gasteiger partial charge in [-0.25, -0.2) is 0 Å². The molecule has 4 heteroatoms. The molecule has 0 radical (unpaired) electrons. The van der Waals surface area contributed by atoms with Crippen molar-refractivity contribution in [3.05, 3.63) is 54.6 Å². The lowest BCUT2D eigenvalue weighted by Gasteiger charge is -2.13. The zero-order valence-electron chi connectivity index (χ0n) is 13.6. The van der Waals surface area contributed by atoms with Crippen molar-refractivity contribution in [2.75, 3.05) is 6.61 Å². The van der Waals surface area contributed by atoms with Gasteiger partial charge < -0.3 is 14.8 Å². The van der Waals surface area contributed by atoms with E-state index in [0.29, 0.717) is 5.75 Å². The van der Waals surface area contributed by atoms with Gasteiger partial charge in [0.05, 0.1) is 0 Å². The van der Waals surface area contributed by atoms with Crippen LogP contribution < -0.4 is 14.8 Å². The summed E-state index contributed by atoms with van der Waals surface area (Å²) in [4.78, 5) is 11.7. The van der Waals surface area contributed by atoms with Gasteiger partial charge in [-0.05, 0) is 49.7 Å². The Labute approximate surface area is 137 Å². The van der Waals surface area contributed by atoms with E-state index in [2.05, 4.69) is 12.2 Å². The van der Waals surface area contributed by atoms with Crippen LogP contribution in [-0.4, -0.2) is 18.6 Å². The number of hydrogen-bond donors (Lipinski definition) is 1. The zero-order chi connectivity index (χ0) is 16.5. The molecule has 2 aromatic carbocycles. The third kappa shape index (κ3) is 6.02. The monoisotopic (exact) mass is 313 g/mol.